The molecule has 2 aromatic carbocycles. The van der Waals surface area contributed by atoms with Gasteiger partial charge in [0.15, 0.2) is 11.5 Å². The standard InChI is InChI=1S/C30H36N2O5S/c1-20-12-14-23(15-13-20)32(27(33)19-24-11-8-16-38-24)28(30(34)31-22-9-6-5-7-10-22)21-17-25(35-2)29(37-4)26(18-21)36-3/h8,11-18,22,28H,5-7,9-10,19H2,1-4H3,(H,31,34)/t28-/m1/s1. The summed E-state index contributed by atoms with van der Waals surface area (Å²) in [5.74, 6) is 0.871. The Morgan fingerprint density at radius 1 is 0.974 bits per heavy atom. The molecule has 1 aliphatic rings. The molecule has 38 heavy (non-hydrogen) atoms. The number of carbonyl (C=O) groups excluding carboxylic acids is 2. The number of thiophene rings is 1. The number of nitrogens with zero attached hydrogens (tertiary/aromatic N) is 1. The van der Waals surface area contributed by atoms with Crippen molar-refractivity contribution < 1.29 is 23.8 Å². The quantitative estimate of drug-likeness (QED) is 0.352. The molecule has 1 N–H and O–H groups in total. The van der Waals surface area contributed by atoms with E-state index in [2.05, 4.69) is 5.32 Å². The zero-order chi connectivity index (χ0) is 27.1. The van der Waals surface area contributed by atoms with Gasteiger partial charge < -0.3 is 19.5 Å². The van der Waals surface area contributed by atoms with E-state index in [9.17, 15) is 9.59 Å². The Bertz CT molecular complexity index is 1190. The van der Waals surface area contributed by atoms with E-state index in [0.29, 0.717) is 28.5 Å². The lowest BCUT2D eigenvalue weighted by Gasteiger charge is -2.34. The number of hydrogen-bond acceptors (Lipinski definition) is 6. The Hall–Kier alpha value is -3.52. The summed E-state index contributed by atoms with van der Waals surface area (Å²) in [6.07, 6.45) is 5.39. The zero-order valence-electron chi connectivity index (χ0n) is 22.5. The molecule has 1 fully saturated rings. The van der Waals surface area contributed by atoms with E-state index >= 15 is 0 Å². The Labute approximate surface area is 228 Å². The molecule has 1 aliphatic carbocycles. The van der Waals surface area contributed by atoms with Gasteiger partial charge in [0.05, 0.1) is 27.8 Å². The molecule has 1 saturated carbocycles. The van der Waals surface area contributed by atoms with Crippen molar-refractivity contribution in [3.05, 3.63) is 69.9 Å². The fourth-order valence-corrected chi connectivity index (χ4v) is 5.69. The minimum absolute atomic E-state index is 0.0769. The van der Waals surface area contributed by atoms with Crippen LogP contribution < -0.4 is 24.4 Å². The number of hydrogen-bond donors (Lipinski definition) is 1. The van der Waals surface area contributed by atoms with Gasteiger partial charge in [0.2, 0.25) is 17.6 Å². The van der Waals surface area contributed by atoms with Crippen molar-refractivity contribution in [3.8, 4) is 17.2 Å². The van der Waals surface area contributed by atoms with Crippen LogP contribution >= 0.6 is 11.3 Å². The summed E-state index contributed by atoms with van der Waals surface area (Å²) in [6.45, 7) is 1.99. The number of anilines is 1. The Morgan fingerprint density at radius 3 is 2.18 bits per heavy atom. The largest absolute Gasteiger partial charge is 0.493 e. The summed E-state index contributed by atoms with van der Waals surface area (Å²) in [5, 5.41) is 5.20. The van der Waals surface area contributed by atoms with Crippen LogP contribution in [0.2, 0.25) is 0 Å². The molecule has 1 heterocycles. The first kappa shape index (κ1) is 27.5. The van der Waals surface area contributed by atoms with Gasteiger partial charge >= 0.3 is 0 Å². The first-order valence-electron chi connectivity index (χ1n) is 13.0. The van der Waals surface area contributed by atoms with Crippen molar-refractivity contribution in [2.45, 2.75) is 57.5 Å². The van der Waals surface area contributed by atoms with Gasteiger partial charge in [-0.3, -0.25) is 14.5 Å². The second-order valence-electron chi connectivity index (χ2n) is 9.56. The smallest absolute Gasteiger partial charge is 0.248 e. The lowest BCUT2D eigenvalue weighted by atomic mass is 9.94. The second kappa shape index (κ2) is 12.8. The fraction of sp³-hybridized carbons (Fsp3) is 0.400. The average molecular weight is 537 g/mol. The van der Waals surface area contributed by atoms with Gasteiger partial charge in [-0.15, -0.1) is 11.3 Å². The third-order valence-corrected chi connectivity index (χ3v) is 7.82. The van der Waals surface area contributed by atoms with Crippen LogP contribution in [0, 0.1) is 6.92 Å². The molecule has 1 atom stereocenters. The minimum atomic E-state index is -0.944. The Morgan fingerprint density at radius 2 is 1.63 bits per heavy atom. The van der Waals surface area contributed by atoms with E-state index in [-0.39, 0.29) is 24.3 Å². The van der Waals surface area contributed by atoms with Crippen molar-refractivity contribution in [2.75, 3.05) is 26.2 Å². The number of amides is 2. The lowest BCUT2D eigenvalue weighted by Crippen LogP contribution is -2.47. The molecule has 202 valence electrons. The van der Waals surface area contributed by atoms with Crippen molar-refractivity contribution >= 4 is 28.8 Å². The maximum Gasteiger partial charge on any atom is 0.248 e. The molecule has 8 heteroatoms. The summed E-state index contributed by atoms with van der Waals surface area (Å²) in [4.78, 5) is 30.7. The summed E-state index contributed by atoms with van der Waals surface area (Å²) in [6, 6.07) is 14.2. The maximum absolute atomic E-state index is 14.1. The number of methoxy groups -OCH3 is 3. The SMILES string of the molecule is COc1cc([C@H](C(=O)NC2CCCCC2)N(C(=O)Cc2cccs2)c2ccc(C)cc2)cc(OC)c1OC. The fourth-order valence-electron chi connectivity index (χ4n) is 4.99. The first-order chi connectivity index (χ1) is 18.4. The van der Waals surface area contributed by atoms with Crippen molar-refractivity contribution in [1.82, 2.24) is 5.32 Å². The molecule has 0 saturated heterocycles. The van der Waals surface area contributed by atoms with Gasteiger partial charge in [-0.2, -0.15) is 0 Å². The van der Waals surface area contributed by atoms with Crippen LogP contribution in [0.25, 0.3) is 0 Å². The number of ether oxygens (including phenoxy) is 3. The molecule has 0 radical (unpaired) electrons. The summed E-state index contributed by atoms with van der Waals surface area (Å²) < 4.78 is 16.7. The van der Waals surface area contributed by atoms with E-state index < -0.39 is 6.04 Å². The van der Waals surface area contributed by atoms with Crippen molar-refractivity contribution in [1.29, 1.82) is 0 Å². The number of nitrogens with one attached hydrogen (secondary N) is 1. The van der Waals surface area contributed by atoms with E-state index in [0.717, 1.165) is 36.1 Å². The van der Waals surface area contributed by atoms with Gasteiger partial charge in [0, 0.05) is 16.6 Å². The molecule has 0 unspecified atom stereocenters. The van der Waals surface area contributed by atoms with Crippen molar-refractivity contribution in [2.24, 2.45) is 0 Å². The van der Waals surface area contributed by atoms with Gasteiger partial charge in [-0.1, -0.05) is 43.0 Å². The molecule has 0 aliphatic heterocycles. The molecule has 1 aromatic heterocycles. The van der Waals surface area contributed by atoms with Crippen LogP contribution in [-0.2, 0) is 16.0 Å². The second-order valence-corrected chi connectivity index (χ2v) is 10.6. The third kappa shape index (κ3) is 6.30. The van der Waals surface area contributed by atoms with E-state index in [4.69, 9.17) is 14.2 Å². The number of aryl methyl sites for hydroxylation is 1. The Kier molecular flexibility index (Phi) is 9.29. The van der Waals surface area contributed by atoms with Gasteiger partial charge in [-0.05, 0) is 61.0 Å². The molecule has 0 spiro atoms. The van der Waals surface area contributed by atoms with Crippen LogP contribution in [0.4, 0.5) is 5.69 Å². The predicted molar refractivity (Wildman–Crippen MR) is 151 cm³/mol. The van der Waals surface area contributed by atoms with Crippen LogP contribution in [0.5, 0.6) is 17.2 Å². The molecular weight excluding hydrogens is 500 g/mol. The molecule has 7 nitrogen and oxygen atoms in total. The number of rotatable bonds is 10. The van der Waals surface area contributed by atoms with Crippen LogP contribution in [-0.4, -0.2) is 39.2 Å². The molecular formula is C30H36N2O5S. The third-order valence-electron chi connectivity index (χ3n) is 6.95. The maximum atomic E-state index is 14.1. The Balaban J connectivity index is 1.84. The topological polar surface area (TPSA) is 77.1 Å². The first-order valence-corrected chi connectivity index (χ1v) is 13.8. The highest BCUT2D eigenvalue weighted by atomic mass is 32.1. The average Bonchev–Trinajstić information content (AvgIpc) is 3.44. The van der Waals surface area contributed by atoms with Crippen LogP contribution in [0.1, 0.15) is 54.1 Å². The number of benzene rings is 2. The van der Waals surface area contributed by atoms with E-state index in [1.807, 2.05) is 48.7 Å². The highest BCUT2D eigenvalue weighted by molar-refractivity contribution is 7.10. The summed E-state index contributed by atoms with van der Waals surface area (Å²) in [7, 11) is 4.62. The van der Waals surface area contributed by atoms with E-state index in [1.54, 1.807) is 17.0 Å². The molecule has 0 bridgehead atoms. The number of carbonyl (C=O) groups is 2. The normalized spacial score (nSPS) is 14.4. The van der Waals surface area contributed by atoms with Crippen LogP contribution in [0.15, 0.2) is 53.9 Å². The monoisotopic (exact) mass is 536 g/mol. The van der Waals surface area contributed by atoms with Crippen molar-refractivity contribution in [3.63, 3.8) is 0 Å². The van der Waals surface area contributed by atoms with Gasteiger partial charge in [-0.25, -0.2) is 0 Å². The molecule has 3 aromatic rings. The van der Waals surface area contributed by atoms with Crippen LogP contribution in [0.3, 0.4) is 0 Å². The lowest BCUT2D eigenvalue weighted by molar-refractivity contribution is -0.127. The zero-order valence-corrected chi connectivity index (χ0v) is 23.3. The summed E-state index contributed by atoms with van der Waals surface area (Å²) in [5.41, 5.74) is 2.29. The van der Waals surface area contributed by atoms with Gasteiger partial charge in [0.1, 0.15) is 6.04 Å². The minimum Gasteiger partial charge on any atom is -0.493 e. The highest BCUT2D eigenvalue weighted by Crippen LogP contribution is 2.42. The molecule has 4 rings (SSSR count). The van der Waals surface area contributed by atoms with Gasteiger partial charge in [0.25, 0.3) is 0 Å². The van der Waals surface area contributed by atoms with E-state index in [1.165, 1.54) is 39.1 Å². The summed E-state index contributed by atoms with van der Waals surface area (Å²) >= 11 is 1.52. The highest BCUT2D eigenvalue weighted by Gasteiger charge is 2.35. The predicted octanol–water partition coefficient (Wildman–Crippen LogP) is 5.85. The molecule has 2 amide bonds.